The highest BCUT2D eigenvalue weighted by atomic mass is 32.1. The topological polar surface area (TPSA) is 84.2 Å². The number of hydrazine groups is 1. The molecule has 0 aliphatic carbocycles. The van der Waals surface area contributed by atoms with Crippen molar-refractivity contribution in [3.8, 4) is 0 Å². The summed E-state index contributed by atoms with van der Waals surface area (Å²) in [6.45, 7) is 4.12. The monoisotopic (exact) mass is 331 g/mol. The first-order valence-electron chi connectivity index (χ1n) is 7.52. The maximum atomic E-state index is 12.3. The minimum atomic E-state index is -0.767. The largest absolute Gasteiger partial charge is 0.368 e. The van der Waals surface area contributed by atoms with Crippen molar-refractivity contribution < 1.29 is 9.59 Å². The van der Waals surface area contributed by atoms with Crippen LogP contribution in [0, 0.1) is 6.92 Å². The van der Waals surface area contributed by atoms with E-state index in [1.165, 1.54) is 16.9 Å². The van der Waals surface area contributed by atoms with Gasteiger partial charge < -0.3 is 5.73 Å². The zero-order chi connectivity index (χ0) is 16.8. The summed E-state index contributed by atoms with van der Waals surface area (Å²) < 4.78 is 0. The van der Waals surface area contributed by atoms with Gasteiger partial charge in [0, 0.05) is 4.88 Å². The molecule has 6 heteroatoms. The molecule has 1 aromatic heterocycles. The molecule has 0 spiro atoms. The van der Waals surface area contributed by atoms with E-state index in [0.29, 0.717) is 10.4 Å². The third-order valence-electron chi connectivity index (χ3n) is 3.51. The Bertz CT molecular complexity index is 682. The molecule has 2 rings (SSSR count). The number of primary amides is 1. The van der Waals surface area contributed by atoms with Crippen LogP contribution in [0.1, 0.15) is 45.1 Å². The Kier molecular flexibility index (Phi) is 5.90. The lowest BCUT2D eigenvalue weighted by Crippen LogP contribution is -2.44. The van der Waals surface area contributed by atoms with Crippen LogP contribution in [0.3, 0.4) is 0 Å². The van der Waals surface area contributed by atoms with E-state index in [4.69, 9.17) is 5.73 Å². The molecule has 0 saturated carbocycles. The number of nitrogens with one attached hydrogen (secondary N) is 2. The molecule has 2 aromatic rings. The van der Waals surface area contributed by atoms with E-state index in [-0.39, 0.29) is 5.91 Å². The van der Waals surface area contributed by atoms with Crippen molar-refractivity contribution in [1.82, 2.24) is 10.9 Å². The summed E-state index contributed by atoms with van der Waals surface area (Å²) in [5, 5.41) is 0. The molecule has 122 valence electrons. The molecule has 1 heterocycles. The number of carbonyl (C=O) groups is 2. The van der Waals surface area contributed by atoms with Gasteiger partial charge in [0.05, 0.1) is 4.88 Å². The normalized spacial score (nSPS) is 11.9. The second-order valence-electron chi connectivity index (χ2n) is 5.29. The smallest absolute Gasteiger partial charge is 0.275 e. The van der Waals surface area contributed by atoms with Crippen LogP contribution in [0.15, 0.2) is 36.4 Å². The quantitative estimate of drug-likeness (QED) is 0.682. The van der Waals surface area contributed by atoms with Gasteiger partial charge in [0.15, 0.2) is 0 Å². The van der Waals surface area contributed by atoms with Crippen LogP contribution >= 0.6 is 11.3 Å². The molecule has 0 aliphatic rings. The Hall–Kier alpha value is -2.18. The molecule has 5 nitrogen and oxygen atoms in total. The molecule has 0 radical (unpaired) electrons. The van der Waals surface area contributed by atoms with Gasteiger partial charge in [-0.3, -0.25) is 15.0 Å². The highest BCUT2D eigenvalue weighted by molar-refractivity contribution is 7.14. The van der Waals surface area contributed by atoms with Gasteiger partial charge in [-0.2, -0.15) is 0 Å². The molecule has 0 saturated heterocycles. The number of benzene rings is 1. The van der Waals surface area contributed by atoms with Crippen molar-refractivity contribution in [2.75, 3.05) is 0 Å². The predicted octanol–water partition coefficient (Wildman–Crippen LogP) is 2.47. The fourth-order valence-corrected chi connectivity index (χ4v) is 3.28. The van der Waals surface area contributed by atoms with Gasteiger partial charge in [0.2, 0.25) is 5.91 Å². The molecular formula is C17H21N3O2S. The van der Waals surface area contributed by atoms with Crippen LogP contribution < -0.4 is 16.6 Å². The number of nitrogens with two attached hydrogens (primary N) is 1. The van der Waals surface area contributed by atoms with E-state index in [0.717, 1.165) is 17.7 Å². The summed E-state index contributed by atoms with van der Waals surface area (Å²) in [4.78, 5) is 25.6. The van der Waals surface area contributed by atoms with Gasteiger partial charge in [0.1, 0.15) is 6.04 Å². The molecule has 0 bridgehead atoms. The average Bonchev–Trinajstić information content (AvgIpc) is 2.90. The zero-order valence-electron chi connectivity index (χ0n) is 13.3. The third-order valence-corrected chi connectivity index (χ3v) is 4.60. The third kappa shape index (κ3) is 4.40. The highest BCUT2D eigenvalue weighted by Gasteiger charge is 2.19. The summed E-state index contributed by atoms with van der Waals surface area (Å²) in [5.74, 6) is -0.812. The van der Waals surface area contributed by atoms with Gasteiger partial charge in [0.25, 0.3) is 5.91 Å². The number of aryl methyl sites for hydroxylation is 2. The second-order valence-corrected chi connectivity index (χ2v) is 6.54. The van der Waals surface area contributed by atoms with Crippen molar-refractivity contribution in [2.24, 2.45) is 5.73 Å². The maximum absolute atomic E-state index is 12.3. The van der Waals surface area contributed by atoms with E-state index in [2.05, 4.69) is 17.8 Å². The van der Waals surface area contributed by atoms with E-state index in [1.54, 1.807) is 12.1 Å². The molecule has 0 fully saturated rings. The molecule has 2 amide bonds. The minimum Gasteiger partial charge on any atom is -0.368 e. The first-order valence-corrected chi connectivity index (χ1v) is 8.34. The van der Waals surface area contributed by atoms with Crippen molar-refractivity contribution in [3.63, 3.8) is 0 Å². The average molecular weight is 331 g/mol. The van der Waals surface area contributed by atoms with Crippen LogP contribution in [0.2, 0.25) is 0 Å². The standard InChI is InChI=1S/C17H21N3O2S/c1-3-7-13-10-14(23-11(13)2)17(22)20-19-15(16(18)21)12-8-5-4-6-9-12/h4-6,8-10,15,19H,3,7H2,1-2H3,(H2,18,21)(H,20,22). The van der Waals surface area contributed by atoms with Crippen LogP contribution in [-0.4, -0.2) is 11.8 Å². The summed E-state index contributed by atoms with van der Waals surface area (Å²) in [6, 6.07) is 10.2. The number of thiophene rings is 1. The number of rotatable bonds is 7. The number of amides is 2. The van der Waals surface area contributed by atoms with Crippen LogP contribution in [-0.2, 0) is 11.2 Å². The number of hydrogen-bond donors (Lipinski definition) is 3. The van der Waals surface area contributed by atoms with Gasteiger partial charge in [-0.1, -0.05) is 43.7 Å². The van der Waals surface area contributed by atoms with Crippen molar-refractivity contribution in [3.05, 3.63) is 57.3 Å². The van der Waals surface area contributed by atoms with Crippen molar-refractivity contribution >= 4 is 23.2 Å². The molecule has 23 heavy (non-hydrogen) atoms. The lowest BCUT2D eigenvalue weighted by Gasteiger charge is -2.16. The Labute approximate surface area is 139 Å². The van der Waals surface area contributed by atoms with Gasteiger partial charge >= 0.3 is 0 Å². The second kappa shape index (κ2) is 7.89. The first-order chi connectivity index (χ1) is 11.0. The summed E-state index contributed by atoms with van der Waals surface area (Å²) in [7, 11) is 0. The molecule has 4 N–H and O–H groups in total. The van der Waals surface area contributed by atoms with E-state index in [9.17, 15) is 9.59 Å². The molecule has 1 unspecified atom stereocenters. The maximum Gasteiger partial charge on any atom is 0.275 e. The number of carbonyl (C=O) groups excluding carboxylic acids is 2. The van der Waals surface area contributed by atoms with Gasteiger partial charge in [-0.25, -0.2) is 5.43 Å². The Morgan fingerprint density at radius 2 is 1.96 bits per heavy atom. The minimum absolute atomic E-state index is 0.261. The SMILES string of the molecule is CCCc1cc(C(=O)NNC(C(N)=O)c2ccccc2)sc1C. The Morgan fingerprint density at radius 1 is 1.26 bits per heavy atom. The Balaban J connectivity index is 2.05. The van der Waals surface area contributed by atoms with E-state index < -0.39 is 11.9 Å². The highest BCUT2D eigenvalue weighted by Crippen LogP contribution is 2.22. The molecular weight excluding hydrogens is 310 g/mol. The van der Waals surface area contributed by atoms with E-state index >= 15 is 0 Å². The number of hydrogen-bond acceptors (Lipinski definition) is 4. The summed E-state index contributed by atoms with van der Waals surface area (Å²) >= 11 is 1.45. The zero-order valence-corrected chi connectivity index (χ0v) is 14.1. The van der Waals surface area contributed by atoms with Crippen LogP contribution in [0.4, 0.5) is 0 Å². The fraction of sp³-hybridized carbons (Fsp3) is 0.294. The van der Waals surface area contributed by atoms with Gasteiger partial charge in [-0.15, -0.1) is 11.3 Å². The molecule has 0 aliphatic heterocycles. The Morgan fingerprint density at radius 3 is 2.57 bits per heavy atom. The van der Waals surface area contributed by atoms with Crippen LogP contribution in [0.25, 0.3) is 0 Å². The van der Waals surface area contributed by atoms with Crippen molar-refractivity contribution in [1.29, 1.82) is 0 Å². The van der Waals surface area contributed by atoms with Crippen molar-refractivity contribution in [2.45, 2.75) is 32.7 Å². The molecule has 1 atom stereocenters. The summed E-state index contributed by atoms with van der Waals surface area (Å²) in [5.41, 5.74) is 12.6. The molecule has 1 aromatic carbocycles. The first kappa shape index (κ1) is 17.2. The van der Waals surface area contributed by atoms with Crippen LogP contribution in [0.5, 0.6) is 0 Å². The van der Waals surface area contributed by atoms with Gasteiger partial charge in [-0.05, 0) is 30.5 Å². The lowest BCUT2D eigenvalue weighted by atomic mass is 10.1. The summed E-state index contributed by atoms with van der Waals surface area (Å²) in [6.07, 6.45) is 1.99. The lowest BCUT2D eigenvalue weighted by molar-refractivity contribution is -0.120. The fourth-order valence-electron chi connectivity index (χ4n) is 2.31. The van der Waals surface area contributed by atoms with E-state index in [1.807, 2.05) is 31.2 Å². The predicted molar refractivity (Wildman–Crippen MR) is 92.0 cm³/mol.